The van der Waals surface area contributed by atoms with E-state index in [1.165, 1.54) is 0 Å². The van der Waals surface area contributed by atoms with Gasteiger partial charge in [-0.1, -0.05) is 42.5 Å². The molecule has 0 bridgehead atoms. The predicted molar refractivity (Wildman–Crippen MR) is 93.9 cm³/mol. The van der Waals surface area contributed by atoms with Gasteiger partial charge in [0.1, 0.15) is 5.69 Å². The maximum Gasteiger partial charge on any atom is 0.317 e. The summed E-state index contributed by atoms with van der Waals surface area (Å²) < 4.78 is 7.55. The van der Waals surface area contributed by atoms with E-state index in [4.69, 9.17) is 4.74 Å². The van der Waals surface area contributed by atoms with Crippen LogP contribution in [0, 0.1) is 0 Å². The molecule has 1 N–H and O–H groups in total. The summed E-state index contributed by atoms with van der Waals surface area (Å²) in [6.45, 7) is 5.17. The van der Waals surface area contributed by atoms with E-state index in [9.17, 15) is 4.79 Å². The predicted octanol–water partition coefficient (Wildman–Crippen LogP) is 2.36. The monoisotopic (exact) mass is 343 g/mol. The first-order chi connectivity index (χ1) is 12.3. The fraction of sp³-hybridized carbons (Fsp3) is 0.500. The first-order valence-corrected chi connectivity index (χ1v) is 8.81. The van der Waals surface area contributed by atoms with E-state index in [0.717, 1.165) is 30.6 Å². The van der Waals surface area contributed by atoms with E-state index in [0.29, 0.717) is 26.3 Å². The molecule has 1 aliphatic heterocycles. The maximum atomic E-state index is 12.0. The Labute approximate surface area is 148 Å². The minimum atomic E-state index is 0.0101. The average molecular weight is 343 g/mol. The minimum absolute atomic E-state index is 0.0101. The van der Waals surface area contributed by atoms with Gasteiger partial charge in [-0.2, -0.15) is 0 Å². The van der Waals surface area contributed by atoms with Crippen molar-refractivity contribution in [3.8, 4) is 0 Å². The van der Waals surface area contributed by atoms with Crippen LogP contribution in [0.25, 0.3) is 0 Å². The molecule has 0 spiro atoms. The van der Waals surface area contributed by atoms with Crippen molar-refractivity contribution in [2.75, 3.05) is 19.6 Å². The molecule has 1 saturated heterocycles. The molecule has 2 amide bonds. The number of benzene rings is 1. The van der Waals surface area contributed by atoms with Crippen LogP contribution in [-0.4, -0.2) is 45.6 Å². The van der Waals surface area contributed by atoms with E-state index in [1.807, 2.05) is 53.0 Å². The topological polar surface area (TPSA) is 72.3 Å². The van der Waals surface area contributed by atoms with Gasteiger partial charge in [0.05, 0.1) is 25.5 Å². The Hall–Kier alpha value is -2.41. The third-order valence-electron chi connectivity index (χ3n) is 4.27. The Balaban J connectivity index is 1.46. The van der Waals surface area contributed by atoms with Gasteiger partial charge >= 0.3 is 6.03 Å². The molecule has 1 aromatic heterocycles. The Morgan fingerprint density at radius 1 is 1.32 bits per heavy atom. The summed E-state index contributed by atoms with van der Waals surface area (Å²) in [6, 6.07) is 10.2. The number of ether oxygens (including phenoxy) is 1. The number of amides is 2. The van der Waals surface area contributed by atoms with E-state index >= 15 is 0 Å². The lowest BCUT2D eigenvalue weighted by Crippen LogP contribution is -2.38. The van der Waals surface area contributed by atoms with Crippen molar-refractivity contribution in [1.29, 1.82) is 0 Å². The first-order valence-electron chi connectivity index (χ1n) is 8.81. The molecule has 1 fully saturated rings. The van der Waals surface area contributed by atoms with Crippen LogP contribution in [0.3, 0.4) is 0 Å². The van der Waals surface area contributed by atoms with Crippen molar-refractivity contribution >= 4 is 6.03 Å². The van der Waals surface area contributed by atoms with Crippen LogP contribution in [0.5, 0.6) is 0 Å². The molecule has 3 rings (SSSR count). The summed E-state index contributed by atoms with van der Waals surface area (Å²) in [5.41, 5.74) is 1.95. The molecule has 0 saturated carbocycles. The number of nitrogens with zero attached hydrogens (tertiary/aromatic N) is 4. The number of hydrogen-bond donors (Lipinski definition) is 1. The highest BCUT2D eigenvalue weighted by atomic mass is 16.5. The Morgan fingerprint density at radius 3 is 2.96 bits per heavy atom. The number of urea groups is 1. The van der Waals surface area contributed by atoms with Gasteiger partial charge in [0.2, 0.25) is 0 Å². The number of nitrogens with one attached hydrogen (secondary N) is 1. The second-order valence-corrected chi connectivity index (χ2v) is 6.29. The molecule has 7 nitrogen and oxygen atoms in total. The molecule has 1 unspecified atom stereocenters. The molecule has 2 aromatic rings. The molecule has 0 aliphatic carbocycles. The van der Waals surface area contributed by atoms with Crippen LogP contribution < -0.4 is 5.32 Å². The second kappa shape index (κ2) is 8.62. The third kappa shape index (κ3) is 4.79. The second-order valence-electron chi connectivity index (χ2n) is 6.29. The highest BCUT2D eigenvalue weighted by Gasteiger charge is 2.28. The molecule has 0 radical (unpaired) electrons. The van der Waals surface area contributed by atoms with Gasteiger partial charge in [-0.15, -0.1) is 5.10 Å². The van der Waals surface area contributed by atoms with Gasteiger partial charge in [0, 0.05) is 19.6 Å². The van der Waals surface area contributed by atoms with Gasteiger partial charge in [-0.25, -0.2) is 9.48 Å². The number of aromatic nitrogens is 3. The van der Waals surface area contributed by atoms with Crippen LogP contribution in [0.4, 0.5) is 4.79 Å². The van der Waals surface area contributed by atoms with E-state index in [1.54, 1.807) is 0 Å². The number of carbonyl (C=O) groups excluding carboxylic acids is 1. The van der Waals surface area contributed by atoms with Crippen LogP contribution in [0.2, 0.25) is 0 Å². The van der Waals surface area contributed by atoms with E-state index in [-0.39, 0.29) is 12.1 Å². The zero-order chi connectivity index (χ0) is 17.5. The lowest BCUT2D eigenvalue weighted by atomic mass is 10.2. The molecule has 25 heavy (non-hydrogen) atoms. The fourth-order valence-electron chi connectivity index (χ4n) is 2.89. The highest BCUT2D eigenvalue weighted by molar-refractivity contribution is 5.74. The van der Waals surface area contributed by atoms with Gasteiger partial charge < -0.3 is 15.0 Å². The van der Waals surface area contributed by atoms with Crippen molar-refractivity contribution in [2.24, 2.45) is 0 Å². The average Bonchev–Trinajstić information content (AvgIpc) is 3.30. The molecule has 2 heterocycles. The SMILES string of the molecule is CCCNC(=O)N1CCC(n2cc(COCc3ccccc3)nn2)C1. The summed E-state index contributed by atoms with van der Waals surface area (Å²) in [5.74, 6) is 0. The smallest absolute Gasteiger partial charge is 0.317 e. The quantitative estimate of drug-likeness (QED) is 0.838. The summed E-state index contributed by atoms with van der Waals surface area (Å²) in [7, 11) is 0. The van der Waals surface area contributed by atoms with Gasteiger partial charge in [-0.05, 0) is 18.4 Å². The van der Waals surface area contributed by atoms with Crippen LogP contribution in [0.1, 0.15) is 37.1 Å². The molecule has 1 atom stereocenters. The van der Waals surface area contributed by atoms with E-state index < -0.39 is 0 Å². The van der Waals surface area contributed by atoms with Crippen LogP contribution >= 0.6 is 0 Å². The lowest BCUT2D eigenvalue weighted by molar-refractivity contribution is 0.104. The Morgan fingerprint density at radius 2 is 2.16 bits per heavy atom. The largest absolute Gasteiger partial charge is 0.370 e. The summed E-state index contributed by atoms with van der Waals surface area (Å²) in [5, 5.41) is 11.3. The molecule has 1 aliphatic rings. The summed E-state index contributed by atoms with van der Waals surface area (Å²) in [4.78, 5) is 13.9. The zero-order valence-electron chi connectivity index (χ0n) is 14.6. The van der Waals surface area contributed by atoms with Gasteiger partial charge in [-0.3, -0.25) is 0 Å². The van der Waals surface area contributed by atoms with Crippen molar-refractivity contribution in [3.05, 3.63) is 47.8 Å². The Bertz CT molecular complexity index is 673. The standard InChI is InChI=1S/C18H25N5O2/c1-2-9-19-18(24)22-10-8-17(12-22)23-11-16(20-21-23)14-25-13-15-6-4-3-5-7-15/h3-7,11,17H,2,8-10,12-14H2,1H3,(H,19,24). The van der Waals surface area contributed by atoms with Crippen molar-refractivity contribution in [3.63, 3.8) is 0 Å². The van der Waals surface area contributed by atoms with Gasteiger partial charge in [0.25, 0.3) is 0 Å². The third-order valence-corrected chi connectivity index (χ3v) is 4.27. The van der Waals surface area contributed by atoms with Gasteiger partial charge in [0.15, 0.2) is 0 Å². The zero-order valence-corrected chi connectivity index (χ0v) is 14.6. The lowest BCUT2D eigenvalue weighted by Gasteiger charge is -2.16. The molecule has 1 aromatic carbocycles. The first kappa shape index (κ1) is 17.4. The molecule has 134 valence electrons. The van der Waals surface area contributed by atoms with Crippen LogP contribution in [-0.2, 0) is 18.0 Å². The number of likely N-dealkylation sites (tertiary alicyclic amines) is 1. The number of carbonyl (C=O) groups is 1. The molecule has 7 heteroatoms. The fourth-order valence-corrected chi connectivity index (χ4v) is 2.89. The van der Waals surface area contributed by atoms with Crippen LogP contribution in [0.15, 0.2) is 36.5 Å². The highest BCUT2D eigenvalue weighted by Crippen LogP contribution is 2.20. The van der Waals surface area contributed by atoms with Crippen molar-refractivity contribution in [1.82, 2.24) is 25.2 Å². The summed E-state index contributed by atoms with van der Waals surface area (Å²) >= 11 is 0. The van der Waals surface area contributed by atoms with Crippen molar-refractivity contribution < 1.29 is 9.53 Å². The summed E-state index contributed by atoms with van der Waals surface area (Å²) in [6.07, 6.45) is 3.76. The number of hydrogen-bond acceptors (Lipinski definition) is 4. The minimum Gasteiger partial charge on any atom is -0.370 e. The molecular formula is C18H25N5O2. The normalized spacial score (nSPS) is 17.0. The van der Waals surface area contributed by atoms with Crippen molar-refractivity contribution in [2.45, 2.75) is 39.0 Å². The maximum absolute atomic E-state index is 12.0. The molecular weight excluding hydrogens is 318 g/mol. The van der Waals surface area contributed by atoms with E-state index in [2.05, 4.69) is 15.6 Å². The Kier molecular flexibility index (Phi) is 6.00. The number of rotatable bonds is 7.